The smallest absolute Gasteiger partial charge is 0.291 e. The predicted molar refractivity (Wildman–Crippen MR) is 140 cm³/mol. The lowest BCUT2D eigenvalue weighted by molar-refractivity contribution is -0.0255. The average molecular weight is 504 g/mol. The molecule has 196 valence electrons. The Labute approximate surface area is 215 Å². The monoisotopic (exact) mass is 503 g/mol. The van der Waals surface area contributed by atoms with Crippen LogP contribution < -0.4 is 15.4 Å². The van der Waals surface area contributed by atoms with Gasteiger partial charge >= 0.3 is 0 Å². The van der Waals surface area contributed by atoms with E-state index in [1.807, 2.05) is 0 Å². The number of nitrogens with one attached hydrogen (secondary N) is 2. The Morgan fingerprint density at radius 2 is 1.71 bits per heavy atom. The minimum absolute atomic E-state index is 0.123. The lowest BCUT2D eigenvalue weighted by Gasteiger charge is -2.56. The van der Waals surface area contributed by atoms with Gasteiger partial charge in [-0.25, -0.2) is 0 Å². The topological polar surface area (TPSA) is 76.4 Å². The summed E-state index contributed by atoms with van der Waals surface area (Å²) in [5.41, 5.74) is 0.379. The van der Waals surface area contributed by atoms with Gasteiger partial charge in [-0.2, -0.15) is 0 Å². The van der Waals surface area contributed by atoms with Crippen molar-refractivity contribution in [2.45, 2.75) is 120 Å². The van der Waals surface area contributed by atoms with Crippen LogP contribution in [-0.4, -0.2) is 41.5 Å². The van der Waals surface area contributed by atoms with E-state index >= 15 is 0 Å². The molecule has 2 atom stereocenters. The first-order valence-electron chi connectivity index (χ1n) is 14.1. The maximum Gasteiger partial charge on any atom is 0.291 e. The summed E-state index contributed by atoms with van der Waals surface area (Å²) in [7, 11) is 0. The van der Waals surface area contributed by atoms with Gasteiger partial charge in [-0.1, -0.05) is 39.5 Å². The summed E-state index contributed by atoms with van der Waals surface area (Å²) in [5, 5.41) is 11.6. The highest BCUT2D eigenvalue weighted by Gasteiger charge is 2.51. The standard InChI is InChI=1S/C28H45N3O3S/c1-26-12-7-13-27(2,17-26)19-28(3,18-26)30-24(32)22-23(35-21-8-5-4-6-9-21)25(31-34-22)33-16-20-10-14-29-15-11-20/h20-21,29H,4-19H2,1-3H3,(H,30,32). The molecule has 3 aliphatic carbocycles. The molecule has 1 aliphatic heterocycles. The molecule has 4 fully saturated rings. The number of fused-ring (bicyclic) bond motifs is 2. The number of carbonyl (C=O) groups is 1. The summed E-state index contributed by atoms with van der Waals surface area (Å²) in [6.07, 6.45) is 15.6. The number of thioether (sulfide) groups is 1. The number of rotatable bonds is 7. The predicted octanol–water partition coefficient (Wildman–Crippen LogP) is 6.35. The van der Waals surface area contributed by atoms with Crippen molar-refractivity contribution in [3.05, 3.63) is 5.76 Å². The third-order valence-corrected chi connectivity index (χ3v) is 10.4. The number of piperidine rings is 1. The van der Waals surface area contributed by atoms with Gasteiger partial charge in [-0.3, -0.25) is 4.79 Å². The van der Waals surface area contributed by atoms with E-state index < -0.39 is 0 Å². The van der Waals surface area contributed by atoms with Crippen molar-refractivity contribution in [1.82, 2.24) is 15.8 Å². The molecule has 1 saturated heterocycles. The maximum absolute atomic E-state index is 13.7. The fourth-order valence-corrected chi connectivity index (χ4v) is 9.36. The minimum Gasteiger partial charge on any atom is -0.474 e. The lowest BCUT2D eigenvalue weighted by Crippen LogP contribution is -2.57. The molecule has 6 nitrogen and oxygen atoms in total. The molecular weight excluding hydrogens is 458 g/mol. The van der Waals surface area contributed by atoms with Crippen LogP contribution in [0.25, 0.3) is 0 Å². The fourth-order valence-electron chi connectivity index (χ4n) is 8.02. The van der Waals surface area contributed by atoms with Crippen molar-refractivity contribution in [3.8, 4) is 5.88 Å². The summed E-state index contributed by atoms with van der Waals surface area (Å²) in [4.78, 5) is 14.5. The number of amides is 1. The Morgan fingerprint density at radius 3 is 2.40 bits per heavy atom. The molecule has 1 aromatic rings. The van der Waals surface area contributed by atoms with Crippen molar-refractivity contribution in [3.63, 3.8) is 0 Å². The summed E-state index contributed by atoms with van der Waals surface area (Å²) >= 11 is 1.76. The van der Waals surface area contributed by atoms with E-state index in [-0.39, 0.29) is 11.4 Å². The van der Waals surface area contributed by atoms with Gasteiger partial charge in [0.1, 0.15) is 4.90 Å². The third kappa shape index (κ3) is 6.03. The number of ether oxygens (including phenoxy) is 1. The lowest BCUT2D eigenvalue weighted by atomic mass is 9.52. The molecule has 2 bridgehead atoms. The van der Waals surface area contributed by atoms with Crippen LogP contribution in [0.2, 0.25) is 0 Å². The Bertz CT molecular complexity index is 874. The summed E-state index contributed by atoms with van der Waals surface area (Å²) in [6.45, 7) is 9.80. The summed E-state index contributed by atoms with van der Waals surface area (Å²) in [5.74, 6) is 1.28. The Morgan fingerprint density at radius 1 is 1.03 bits per heavy atom. The number of carbonyl (C=O) groups excluding carboxylic acids is 1. The number of hydrogen-bond acceptors (Lipinski definition) is 6. The molecule has 3 saturated carbocycles. The zero-order valence-corrected chi connectivity index (χ0v) is 22.9. The van der Waals surface area contributed by atoms with Crippen LogP contribution in [0.3, 0.4) is 0 Å². The first kappa shape index (κ1) is 25.4. The maximum atomic E-state index is 13.7. The van der Waals surface area contributed by atoms with Crippen LogP contribution in [0.4, 0.5) is 0 Å². The van der Waals surface area contributed by atoms with Crippen LogP contribution >= 0.6 is 11.8 Å². The van der Waals surface area contributed by atoms with Gasteiger partial charge in [-0.05, 0) is 99.7 Å². The summed E-state index contributed by atoms with van der Waals surface area (Å²) in [6, 6.07) is 0. The highest BCUT2D eigenvalue weighted by Crippen LogP contribution is 2.58. The van der Waals surface area contributed by atoms with E-state index in [0.717, 1.165) is 43.7 Å². The van der Waals surface area contributed by atoms with Crippen molar-refractivity contribution in [2.75, 3.05) is 19.7 Å². The first-order valence-corrected chi connectivity index (χ1v) is 15.0. The first-order chi connectivity index (χ1) is 16.8. The molecule has 0 spiro atoms. The molecule has 1 aromatic heterocycles. The van der Waals surface area contributed by atoms with E-state index in [4.69, 9.17) is 9.26 Å². The molecule has 2 heterocycles. The van der Waals surface area contributed by atoms with Crippen molar-refractivity contribution >= 4 is 17.7 Å². The molecule has 7 heteroatoms. The minimum atomic E-state index is -0.227. The highest BCUT2D eigenvalue weighted by molar-refractivity contribution is 8.00. The average Bonchev–Trinajstić information content (AvgIpc) is 3.19. The van der Waals surface area contributed by atoms with Crippen molar-refractivity contribution in [2.24, 2.45) is 16.7 Å². The molecule has 0 aromatic carbocycles. The number of aromatic nitrogens is 1. The Balaban J connectivity index is 1.33. The molecular formula is C28H45N3O3S. The van der Waals surface area contributed by atoms with Gasteiger partial charge in [0.05, 0.1) is 6.61 Å². The van der Waals surface area contributed by atoms with Crippen LogP contribution in [0, 0.1) is 16.7 Å². The van der Waals surface area contributed by atoms with Crippen molar-refractivity contribution < 1.29 is 14.1 Å². The van der Waals surface area contributed by atoms with Crippen LogP contribution in [0.1, 0.15) is 115 Å². The van der Waals surface area contributed by atoms with E-state index in [1.54, 1.807) is 11.8 Å². The van der Waals surface area contributed by atoms with E-state index in [9.17, 15) is 4.79 Å². The molecule has 1 amide bonds. The quantitative estimate of drug-likeness (QED) is 0.452. The molecule has 0 radical (unpaired) electrons. The number of hydrogen-bond donors (Lipinski definition) is 2. The van der Waals surface area contributed by atoms with Gasteiger partial charge in [-0.15, -0.1) is 11.8 Å². The third-order valence-electron chi connectivity index (χ3n) is 9.04. The second-order valence-electron chi connectivity index (χ2n) is 13.0. The zero-order valence-electron chi connectivity index (χ0n) is 22.0. The van der Waals surface area contributed by atoms with Crippen LogP contribution in [0.15, 0.2) is 9.42 Å². The van der Waals surface area contributed by atoms with Gasteiger partial charge in [0, 0.05) is 10.8 Å². The molecule has 4 aliphatic rings. The van der Waals surface area contributed by atoms with E-state index in [1.165, 1.54) is 57.8 Å². The fraction of sp³-hybridized carbons (Fsp3) is 0.857. The van der Waals surface area contributed by atoms with Gasteiger partial charge in [0.25, 0.3) is 11.8 Å². The second kappa shape index (κ2) is 10.3. The van der Waals surface area contributed by atoms with Crippen molar-refractivity contribution in [1.29, 1.82) is 0 Å². The molecule has 2 N–H and O–H groups in total. The summed E-state index contributed by atoms with van der Waals surface area (Å²) < 4.78 is 12.0. The molecule has 2 unspecified atom stereocenters. The van der Waals surface area contributed by atoms with Crippen LogP contribution in [-0.2, 0) is 0 Å². The van der Waals surface area contributed by atoms with E-state index in [0.29, 0.717) is 40.2 Å². The molecule has 5 rings (SSSR count). The van der Waals surface area contributed by atoms with Crippen LogP contribution in [0.5, 0.6) is 5.88 Å². The zero-order chi connectivity index (χ0) is 24.5. The normalized spacial score (nSPS) is 34.5. The SMILES string of the molecule is CC12CCCC(C)(C1)CC(C)(NC(=O)c1onc(OCC3CCNCC3)c1SC1CCCCC1)C2. The Kier molecular flexibility index (Phi) is 7.47. The van der Waals surface area contributed by atoms with Gasteiger partial charge in [0.2, 0.25) is 5.76 Å². The second-order valence-corrected chi connectivity index (χ2v) is 14.4. The highest BCUT2D eigenvalue weighted by atomic mass is 32.2. The number of nitrogens with zero attached hydrogens (tertiary/aromatic N) is 1. The Hall–Kier alpha value is -1.21. The van der Waals surface area contributed by atoms with Gasteiger partial charge in [0.15, 0.2) is 0 Å². The molecule has 35 heavy (non-hydrogen) atoms. The largest absolute Gasteiger partial charge is 0.474 e. The van der Waals surface area contributed by atoms with E-state index in [2.05, 4.69) is 36.6 Å². The van der Waals surface area contributed by atoms with Gasteiger partial charge < -0.3 is 19.9 Å².